The van der Waals surface area contributed by atoms with Crippen LogP contribution in [0.3, 0.4) is 0 Å². The van der Waals surface area contributed by atoms with Gasteiger partial charge >= 0.3 is 0 Å². The third-order valence-corrected chi connectivity index (χ3v) is 3.22. The molecule has 0 saturated carbocycles. The topological polar surface area (TPSA) is 56.1 Å². The van der Waals surface area contributed by atoms with Gasteiger partial charge in [-0.2, -0.15) is 0 Å². The Morgan fingerprint density at radius 1 is 1.63 bits per heavy atom. The Hall–Kier alpha value is -1.95. The molecule has 1 atom stereocenters. The molecule has 2 aromatic rings. The maximum atomic E-state index is 13.2. The molecule has 1 unspecified atom stereocenters. The lowest BCUT2D eigenvalue weighted by Gasteiger charge is -2.26. The summed E-state index contributed by atoms with van der Waals surface area (Å²) in [7, 11) is 0. The number of imidazole rings is 1. The minimum atomic E-state index is -0.303. The van der Waals surface area contributed by atoms with Crippen LogP contribution in [0.4, 0.5) is 4.39 Å². The van der Waals surface area contributed by atoms with Gasteiger partial charge in [-0.25, -0.2) is 9.37 Å². The quantitative estimate of drug-likeness (QED) is 0.890. The van der Waals surface area contributed by atoms with Gasteiger partial charge in [0.1, 0.15) is 18.2 Å². The van der Waals surface area contributed by atoms with Crippen molar-refractivity contribution in [2.75, 3.05) is 13.2 Å². The number of fused-ring (bicyclic) bond motifs is 3. The lowest BCUT2D eigenvalue weighted by molar-refractivity contribution is -0.119. The summed E-state index contributed by atoms with van der Waals surface area (Å²) in [4.78, 5) is 15.4. The van der Waals surface area contributed by atoms with Gasteiger partial charge < -0.3 is 14.6 Å². The number of nitrogens with one attached hydrogen (secondary N) is 1. The number of carbonyl (C=O) groups excluding carboxylic acids is 1. The molecular formula is C13H14FN3O2. The average Bonchev–Trinajstić information content (AvgIpc) is 2.73. The number of halogens is 1. The summed E-state index contributed by atoms with van der Waals surface area (Å²) in [6, 6.07) is 4.54. The maximum Gasteiger partial charge on any atom is 0.216 e. The van der Waals surface area contributed by atoms with E-state index in [1.165, 1.54) is 19.1 Å². The van der Waals surface area contributed by atoms with Crippen LogP contribution in [-0.4, -0.2) is 28.6 Å². The van der Waals surface area contributed by atoms with Gasteiger partial charge in [0.2, 0.25) is 5.91 Å². The van der Waals surface area contributed by atoms with Crippen LogP contribution >= 0.6 is 0 Å². The van der Waals surface area contributed by atoms with Crippen molar-refractivity contribution < 1.29 is 13.9 Å². The summed E-state index contributed by atoms with van der Waals surface area (Å²) in [5.41, 5.74) is 1.49. The summed E-state index contributed by atoms with van der Waals surface area (Å²) in [6.45, 7) is 2.88. The van der Waals surface area contributed by atoms with Gasteiger partial charge in [0.25, 0.3) is 0 Å². The second kappa shape index (κ2) is 4.62. The SMILES string of the molecule is CC(=O)NCC1COCc2nc3cc(F)ccc3n21. The molecule has 100 valence electrons. The highest BCUT2D eigenvalue weighted by Crippen LogP contribution is 2.26. The molecule has 0 radical (unpaired) electrons. The Bertz CT molecular complexity index is 638. The van der Waals surface area contributed by atoms with Crippen LogP contribution < -0.4 is 5.32 Å². The second-order valence-corrected chi connectivity index (χ2v) is 4.64. The van der Waals surface area contributed by atoms with Gasteiger partial charge in [-0.1, -0.05) is 0 Å². The van der Waals surface area contributed by atoms with Crippen molar-refractivity contribution in [2.45, 2.75) is 19.6 Å². The molecule has 5 nitrogen and oxygen atoms in total. The molecule has 1 N–H and O–H groups in total. The van der Waals surface area contributed by atoms with Crippen LogP contribution in [0, 0.1) is 5.82 Å². The number of rotatable bonds is 2. The first-order chi connectivity index (χ1) is 9.15. The van der Waals surface area contributed by atoms with Crippen molar-refractivity contribution in [1.82, 2.24) is 14.9 Å². The Morgan fingerprint density at radius 2 is 2.47 bits per heavy atom. The third kappa shape index (κ3) is 2.19. The Balaban J connectivity index is 2.02. The largest absolute Gasteiger partial charge is 0.371 e. The van der Waals surface area contributed by atoms with Crippen LogP contribution in [0.25, 0.3) is 11.0 Å². The van der Waals surface area contributed by atoms with E-state index in [4.69, 9.17) is 4.74 Å². The number of ether oxygens (including phenoxy) is 1. The molecule has 6 heteroatoms. The van der Waals surface area contributed by atoms with Gasteiger partial charge in [0.05, 0.1) is 23.7 Å². The van der Waals surface area contributed by atoms with Crippen LogP contribution in [0.15, 0.2) is 18.2 Å². The predicted molar refractivity (Wildman–Crippen MR) is 67.1 cm³/mol. The highest BCUT2D eigenvalue weighted by Gasteiger charge is 2.24. The van der Waals surface area contributed by atoms with E-state index in [1.807, 2.05) is 4.57 Å². The van der Waals surface area contributed by atoms with E-state index in [2.05, 4.69) is 10.3 Å². The zero-order chi connectivity index (χ0) is 13.4. The van der Waals surface area contributed by atoms with E-state index >= 15 is 0 Å². The molecule has 2 heterocycles. The van der Waals surface area contributed by atoms with Crippen molar-refractivity contribution in [3.63, 3.8) is 0 Å². The maximum absolute atomic E-state index is 13.2. The smallest absolute Gasteiger partial charge is 0.216 e. The zero-order valence-electron chi connectivity index (χ0n) is 10.5. The molecule has 1 aromatic heterocycles. The van der Waals surface area contributed by atoms with E-state index in [9.17, 15) is 9.18 Å². The Morgan fingerprint density at radius 3 is 3.26 bits per heavy atom. The molecule has 19 heavy (non-hydrogen) atoms. The third-order valence-electron chi connectivity index (χ3n) is 3.22. The fourth-order valence-corrected chi connectivity index (χ4v) is 2.40. The number of nitrogens with zero attached hydrogens (tertiary/aromatic N) is 2. The van der Waals surface area contributed by atoms with Gasteiger partial charge in [0, 0.05) is 19.5 Å². The molecule has 0 spiro atoms. The zero-order valence-corrected chi connectivity index (χ0v) is 10.5. The van der Waals surface area contributed by atoms with Gasteiger partial charge in [-0.3, -0.25) is 4.79 Å². The summed E-state index contributed by atoms with van der Waals surface area (Å²) in [6.07, 6.45) is 0. The van der Waals surface area contributed by atoms with E-state index in [-0.39, 0.29) is 17.8 Å². The standard InChI is InChI=1S/C13H14FN3O2/c1-8(18)15-5-10-6-19-7-13-16-11-4-9(14)2-3-12(11)17(10)13/h2-4,10H,5-7H2,1H3,(H,15,18). The minimum Gasteiger partial charge on any atom is -0.371 e. The first-order valence-corrected chi connectivity index (χ1v) is 6.13. The summed E-state index contributed by atoms with van der Waals surface area (Å²) in [5, 5.41) is 2.78. The fraction of sp³-hybridized carbons (Fsp3) is 0.385. The Kier molecular flexibility index (Phi) is 2.94. The first-order valence-electron chi connectivity index (χ1n) is 6.13. The fourth-order valence-electron chi connectivity index (χ4n) is 2.40. The summed E-state index contributed by atoms with van der Waals surface area (Å²) >= 11 is 0. The molecule has 0 bridgehead atoms. The van der Waals surface area contributed by atoms with E-state index in [1.54, 1.807) is 6.07 Å². The molecule has 1 aromatic carbocycles. The van der Waals surface area contributed by atoms with Gasteiger partial charge in [-0.05, 0) is 12.1 Å². The molecule has 0 saturated heterocycles. The van der Waals surface area contributed by atoms with Crippen molar-refractivity contribution >= 4 is 16.9 Å². The summed E-state index contributed by atoms with van der Waals surface area (Å²) in [5.74, 6) is 0.382. The number of aromatic nitrogens is 2. The van der Waals surface area contributed by atoms with Crippen LogP contribution in [0.2, 0.25) is 0 Å². The Labute approximate surface area is 109 Å². The number of carbonyl (C=O) groups is 1. The van der Waals surface area contributed by atoms with Crippen LogP contribution in [0.1, 0.15) is 18.8 Å². The summed E-state index contributed by atoms with van der Waals surface area (Å²) < 4.78 is 20.7. The van der Waals surface area contributed by atoms with Crippen molar-refractivity contribution in [3.8, 4) is 0 Å². The van der Waals surface area contributed by atoms with E-state index < -0.39 is 0 Å². The van der Waals surface area contributed by atoms with Crippen molar-refractivity contribution in [3.05, 3.63) is 29.8 Å². The number of amides is 1. The lowest BCUT2D eigenvalue weighted by Crippen LogP contribution is -2.34. The monoisotopic (exact) mass is 263 g/mol. The molecule has 1 aliphatic heterocycles. The molecule has 1 aliphatic rings. The average molecular weight is 263 g/mol. The normalized spacial score (nSPS) is 18.3. The number of hydrogen-bond donors (Lipinski definition) is 1. The first kappa shape index (κ1) is 12.1. The molecular weight excluding hydrogens is 249 g/mol. The lowest BCUT2D eigenvalue weighted by atomic mass is 10.2. The van der Waals surface area contributed by atoms with Crippen LogP contribution in [-0.2, 0) is 16.1 Å². The number of benzene rings is 1. The molecule has 0 fully saturated rings. The van der Waals surface area contributed by atoms with Crippen molar-refractivity contribution in [2.24, 2.45) is 0 Å². The van der Waals surface area contributed by atoms with Crippen molar-refractivity contribution in [1.29, 1.82) is 0 Å². The highest BCUT2D eigenvalue weighted by atomic mass is 19.1. The predicted octanol–water partition coefficient (Wildman–Crippen LogP) is 1.38. The molecule has 3 rings (SSSR count). The number of hydrogen-bond acceptors (Lipinski definition) is 3. The van der Waals surface area contributed by atoms with Crippen LogP contribution in [0.5, 0.6) is 0 Å². The van der Waals surface area contributed by atoms with E-state index in [0.29, 0.717) is 25.3 Å². The van der Waals surface area contributed by atoms with E-state index in [0.717, 1.165) is 11.3 Å². The highest BCUT2D eigenvalue weighted by molar-refractivity contribution is 5.76. The van der Waals surface area contributed by atoms with Gasteiger partial charge in [-0.15, -0.1) is 0 Å². The second-order valence-electron chi connectivity index (χ2n) is 4.64. The minimum absolute atomic E-state index is 0.0110. The molecule has 0 aliphatic carbocycles. The van der Waals surface area contributed by atoms with Gasteiger partial charge in [0.15, 0.2) is 0 Å². The molecule has 1 amide bonds.